The number of hydrogen-bond donors (Lipinski definition) is 0. The first-order valence-electron chi connectivity index (χ1n) is 7.20. The fourth-order valence-corrected chi connectivity index (χ4v) is 3.54. The van der Waals surface area contributed by atoms with Gasteiger partial charge in [-0.3, -0.25) is 0 Å². The second-order valence-electron chi connectivity index (χ2n) is 5.00. The van der Waals surface area contributed by atoms with E-state index in [-0.39, 0.29) is 6.61 Å². The first kappa shape index (κ1) is 17.1. The minimum absolute atomic E-state index is 0.227. The topological polar surface area (TPSA) is 48.2 Å². The first-order valence-corrected chi connectivity index (χ1v) is 8.94. The van der Waals surface area contributed by atoms with E-state index < -0.39 is 0 Å². The molecule has 124 valence electrons. The van der Waals surface area contributed by atoms with E-state index in [1.54, 1.807) is 12.1 Å². The van der Waals surface area contributed by atoms with Crippen molar-refractivity contribution >= 4 is 35.0 Å². The number of benzene rings is 2. The van der Waals surface area contributed by atoms with E-state index in [9.17, 15) is 0 Å². The van der Waals surface area contributed by atoms with Gasteiger partial charge in [-0.05, 0) is 36.2 Å². The molecule has 0 fully saturated rings. The number of thioether (sulfide) groups is 1. The van der Waals surface area contributed by atoms with Crippen molar-refractivity contribution in [3.05, 3.63) is 69.5 Å². The van der Waals surface area contributed by atoms with Crippen molar-refractivity contribution in [3.63, 3.8) is 0 Å². The molecule has 0 aliphatic heterocycles. The van der Waals surface area contributed by atoms with E-state index in [4.69, 9.17) is 32.4 Å². The van der Waals surface area contributed by atoms with Crippen LogP contribution < -0.4 is 4.74 Å². The smallest absolute Gasteiger partial charge is 0.277 e. The Labute approximate surface area is 154 Å². The zero-order chi connectivity index (χ0) is 16.9. The summed E-state index contributed by atoms with van der Waals surface area (Å²) < 4.78 is 11.3. The van der Waals surface area contributed by atoms with Crippen LogP contribution in [0.4, 0.5) is 0 Å². The summed E-state index contributed by atoms with van der Waals surface area (Å²) in [7, 11) is 0. The summed E-state index contributed by atoms with van der Waals surface area (Å²) in [4.78, 5) is 0. The third kappa shape index (κ3) is 4.23. The molecule has 0 N–H and O–H groups in total. The van der Waals surface area contributed by atoms with E-state index in [1.807, 2.05) is 37.3 Å². The predicted molar refractivity (Wildman–Crippen MR) is 95.8 cm³/mol. The minimum atomic E-state index is 0.227. The molecule has 0 atom stereocenters. The predicted octanol–water partition coefficient (Wildman–Crippen LogP) is 5.56. The van der Waals surface area contributed by atoms with Crippen LogP contribution in [-0.2, 0) is 12.4 Å². The highest BCUT2D eigenvalue weighted by Gasteiger charge is 2.11. The molecule has 1 heterocycles. The van der Waals surface area contributed by atoms with E-state index in [2.05, 4.69) is 10.2 Å². The molecule has 0 saturated heterocycles. The van der Waals surface area contributed by atoms with Crippen molar-refractivity contribution < 1.29 is 9.15 Å². The van der Waals surface area contributed by atoms with Gasteiger partial charge in [0.15, 0.2) is 6.61 Å². The van der Waals surface area contributed by atoms with Gasteiger partial charge in [-0.15, -0.1) is 10.2 Å². The molecular weight excluding hydrogens is 367 g/mol. The molecule has 0 bridgehead atoms. The van der Waals surface area contributed by atoms with E-state index in [0.29, 0.717) is 26.9 Å². The van der Waals surface area contributed by atoms with Crippen molar-refractivity contribution in [2.75, 3.05) is 0 Å². The minimum Gasteiger partial charge on any atom is -0.484 e. The molecule has 0 aliphatic carbocycles. The zero-order valence-electron chi connectivity index (χ0n) is 12.8. The van der Waals surface area contributed by atoms with E-state index in [1.165, 1.54) is 11.8 Å². The highest BCUT2D eigenvalue weighted by molar-refractivity contribution is 7.98. The lowest BCUT2D eigenvalue weighted by Gasteiger charge is -2.05. The highest BCUT2D eigenvalue weighted by Crippen LogP contribution is 2.31. The Hall–Kier alpha value is -1.69. The largest absolute Gasteiger partial charge is 0.484 e. The fourth-order valence-electron chi connectivity index (χ4n) is 2.02. The van der Waals surface area contributed by atoms with Gasteiger partial charge < -0.3 is 9.15 Å². The lowest BCUT2D eigenvalue weighted by Crippen LogP contribution is -1.97. The lowest BCUT2D eigenvalue weighted by molar-refractivity contribution is 0.251. The Morgan fingerprint density at radius 1 is 1.04 bits per heavy atom. The van der Waals surface area contributed by atoms with Gasteiger partial charge in [0.05, 0.1) is 0 Å². The average Bonchev–Trinajstić information content (AvgIpc) is 3.01. The number of nitrogens with zero attached hydrogens (tertiary/aromatic N) is 2. The Kier molecular flexibility index (Phi) is 5.66. The van der Waals surface area contributed by atoms with Crippen molar-refractivity contribution in [1.29, 1.82) is 0 Å². The molecule has 0 radical (unpaired) electrons. The summed E-state index contributed by atoms with van der Waals surface area (Å²) >= 11 is 13.7. The monoisotopic (exact) mass is 380 g/mol. The zero-order valence-corrected chi connectivity index (χ0v) is 15.2. The van der Waals surface area contributed by atoms with Crippen molar-refractivity contribution in [3.8, 4) is 5.75 Å². The SMILES string of the molecule is Cc1ccccc1OCc1nnc(SCc2c(Cl)cccc2Cl)o1. The summed E-state index contributed by atoms with van der Waals surface area (Å²) in [6.07, 6.45) is 0. The molecule has 7 heteroatoms. The second-order valence-corrected chi connectivity index (χ2v) is 6.75. The molecule has 0 amide bonds. The normalized spacial score (nSPS) is 10.8. The van der Waals surface area contributed by atoms with Crippen LogP contribution in [0, 0.1) is 6.92 Å². The Morgan fingerprint density at radius 2 is 1.79 bits per heavy atom. The average molecular weight is 381 g/mol. The van der Waals surface area contributed by atoms with Gasteiger partial charge in [-0.2, -0.15) is 0 Å². The van der Waals surface area contributed by atoms with Crippen LogP contribution in [0.5, 0.6) is 5.75 Å². The molecule has 3 aromatic rings. The molecule has 0 aliphatic rings. The van der Waals surface area contributed by atoms with Crippen molar-refractivity contribution in [1.82, 2.24) is 10.2 Å². The standard InChI is InChI=1S/C17H14Cl2N2O2S/c1-11-5-2-3-8-15(11)22-9-16-20-21-17(23-16)24-10-12-13(18)6-4-7-14(12)19/h2-8H,9-10H2,1H3. The molecule has 0 spiro atoms. The van der Waals surface area contributed by atoms with Crippen LogP contribution in [0.3, 0.4) is 0 Å². The second kappa shape index (κ2) is 7.92. The third-order valence-electron chi connectivity index (χ3n) is 3.29. The van der Waals surface area contributed by atoms with Crippen LogP contribution in [0.1, 0.15) is 17.0 Å². The number of aryl methyl sites for hydroxylation is 1. The van der Waals surface area contributed by atoms with Gasteiger partial charge in [0.2, 0.25) is 0 Å². The molecular formula is C17H14Cl2N2O2S. The maximum atomic E-state index is 6.15. The van der Waals surface area contributed by atoms with Crippen LogP contribution in [-0.4, -0.2) is 10.2 Å². The van der Waals surface area contributed by atoms with Gasteiger partial charge >= 0.3 is 0 Å². The van der Waals surface area contributed by atoms with Crippen LogP contribution in [0.25, 0.3) is 0 Å². The third-order valence-corrected chi connectivity index (χ3v) is 4.85. The molecule has 0 saturated carbocycles. The van der Waals surface area contributed by atoms with Crippen LogP contribution in [0.2, 0.25) is 10.0 Å². The Balaban J connectivity index is 1.59. The summed E-state index contributed by atoms with van der Waals surface area (Å²) in [5.41, 5.74) is 1.90. The van der Waals surface area contributed by atoms with Gasteiger partial charge in [-0.1, -0.05) is 59.2 Å². The van der Waals surface area contributed by atoms with Gasteiger partial charge in [-0.25, -0.2) is 0 Å². The van der Waals surface area contributed by atoms with Crippen LogP contribution in [0.15, 0.2) is 52.1 Å². The maximum Gasteiger partial charge on any atom is 0.277 e. The molecule has 1 aromatic heterocycles. The summed E-state index contributed by atoms with van der Waals surface area (Å²) in [6, 6.07) is 13.2. The fraction of sp³-hybridized carbons (Fsp3) is 0.176. The maximum absolute atomic E-state index is 6.15. The number of rotatable bonds is 6. The number of hydrogen-bond acceptors (Lipinski definition) is 5. The Morgan fingerprint density at radius 3 is 2.54 bits per heavy atom. The van der Waals surface area contributed by atoms with Crippen LogP contribution >= 0.6 is 35.0 Å². The molecule has 2 aromatic carbocycles. The number of ether oxygens (including phenoxy) is 1. The van der Waals surface area contributed by atoms with Gasteiger partial charge in [0.25, 0.3) is 11.1 Å². The lowest BCUT2D eigenvalue weighted by atomic mass is 10.2. The summed E-state index contributed by atoms with van der Waals surface area (Å²) in [6.45, 7) is 2.21. The van der Waals surface area contributed by atoms with Crippen molar-refractivity contribution in [2.24, 2.45) is 0 Å². The first-order chi connectivity index (χ1) is 11.6. The number of halogens is 2. The molecule has 24 heavy (non-hydrogen) atoms. The van der Waals surface area contributed by atoms with Gasteiger partial charge in [0, 0.05) is 15.8 Å². The highest BCUT2D eigenvalue weighted by atomic mass is 35.5. The summed E-state index contributed by atoms with van der Waals surface area (Å²) in [5.74, 6) is 1.78. The van der Waals surface area contributed by atoms with E-state index >= 15 is 0 Å². The number of para-hydroxylation sites is 1. The molecule has 4 nitrogen and oxygen atoms in total. The molecule has 3 rings (SSSR count). The molecule has 0 unspecified atom stereocenters. The van der Waals surface area contributed by atoms with E-state index in [0.717, 1.165) is 16.9 Å². The van der Waals surface area contributed by atoms with Gasteiger partial charge in [0.1, 0.15) is 5.75 Å². The summed E-state index contributed by atoms with van der Waals surface area (Å²) in [5, 5.41) is 9.69. The van der Waals surface area contributed by atoms with Crippen molar-refractivity contribution in [2.45, 2.75) is 24.5 Å². The Bertz CT molecular complexity index is 819. The number of aromatic nitrogens is 2. The quantitative estimate of drug-likeness (QED) is 0.524.